The summed E-state index contributed by atoms with van der Waals surface area (Å²) < 4.78 is 4.48. The van der Waals surface area contributed by atoms with Gasteiger partial charge in [-0.3, -0.25) is 4.79 Å². The van der Waals surface area contributed by atoms with Crippen LogP contribution in [-0.4, -0.2) is 55.6 Å². The van der Waals surface area contributed by atoms with Gasteiger partial charge in [0.25, 0.3) is 5.91 Å². The van der Waals surface area contributed by atoms with Gasteiger partial charge >= 0.3 is 0 Å². The number of nitrogens with zero attached hydrogens (tertiary/aromatic N) is 5. The van der Waals surface area contributed by atoms with E-state index in [-0.39, 0.29) is 5.91 Å². The summed E-state index contributed by atoms with van der Waals surface area (Å²) in [5.41, 5.74) is 4.76. The summed E-state index contributed by atoms with van der Waals surface area (Å²) in [7, 11) is 2.06. The van der Waals surface area contributed by atoms with E-state index in [4.69, 9.17) is 4.98 Å². The predicted octanol–water partition coefficient (Wildman–Crippen LogP) is 3.82. The van der Waals surface area contributed by atoms with Gasteiger partial charge in [-0.05, 0) is 80.5 Å². The molecule has 3 aromatic heterocycles. The summed E-state index contributed by atoms with van der Waals surface area (Å²) >= 11 is 0. The highest BCUT2D eigenvalue weighted by Gasteiger charge is 2.34. The molecule has 2 saturated heterocycles. The lowest BCUT2D eigenvalue weighted by atomic mass is 9.92. The van der Waals surface area contributed by atoms with Crippen LogP contribution in [0.5, 0.6) is 0 Å². The molecular weight excluding hydrogens is 424 g/mol. The number of hydrogen-bond donors (Lipinski definition) is 1. The second kappa shape index (κ2) is 7.67. The number of nitrogens with one attached hydrogen (secondary N) is 1. The minimum Gasteiger partial charge on any atom is -0.337 e. The maximum absolute atomic E-state index is 13.3. The van der Waals surface area contributed by atoms with Crippen molar-refractivity contribution in [3.8, 4) is 11.5 Å². The highest BCUT2D eigenvalue weighted by atomic mass is 16.2. The van der Waals surface area contributed by atoms with Gasteiger partial charge in [0, 0.05) is 49.9 Å². The van der Waals surface area contributed by atoms with Crippen molar-refractivity contribution in [2.75, 3.05) is 19.6 Å². The topological polar surface area (TPSA) is 68.0 Å². The van der Waals surface area contributed by atoms with Crippen LogP contribution < -0.4 is 5.32 Å². The molecule has 2 atom stereocenters. The quantitative estimate of drug-likeness (QED) is 0.509. The van der Waals surface area contributed by atoms with Crippen molar-refractivity contribution in [3.05, 3.63) is 48.2 Å². The Labute approximate surface area is 198 Å². The van der Waals surface area contributed by atoms with E-state index in [1.165, 1.54) is 19.3 Å². The van der Waals surface area contributed by atoms with Crippen LogP contribution in [0.2, 0.25) is 0 Å². The van der Waals surface area contributed by atoms with Gasteiger partial charge < -0.3 is 19.4 Å². The molecule has 7 rings (SSSR count). The highest BCUT2D eigenvalue weighted by molar-refractivity contribution is 5.98. The first kappa shape index (κ1) is 20.2. The lowest BCUT2D eigenvalue weighted by Gasteiger charge is -2.35. The highest BCUT2D eigenvalue weighted by Crippen LogP contribution is 2.36. The normalized spacial score (nSPS) is 22.6. The van der Waals surface area contributed by atoms with E-state index in [0.717, 1.165) is 83.6 Å². The van der Waals surface area contributed by atoms with Crippen LogP contribution in [0, 0.1) is 11.8 Å². The number of likely N-dealkylation sites (tertiary alicyclic amines) is 1. The molecule has 1 aromatic carbocycles. The largest absolute Gasteiger partial charge is 0.337 e. The summed E-state index contributed by atoms with van der Waals surface area (Å²) in [6.07, 6.45) is 6.77. The first-order chi connectivity index (χ1) is 16.7. The molecular formula is C27H30N6O. The van der Waals surface area contributed by atoms with Crippen molar-refractivity contribution in [3.63, 3.8) is 0 Å². The molecule has 2 aliphatic heterocycles. The molecule has 1 saturated carbocycles. The summed E-state index contributed by atoms with van der Waals surface area (Å²) in [6.45, 7) is 3.71. The van der Waals surface area contributed by atoms with Crippen LogP contribution in [0.3, 0.4) is 0 Å². The maximum atomic E-state index is 13.3. The van der Waals surface area contributed by atoms with Crippen LogP contribution in [0.25, 0.3) is 33.6 Å². The Bertz CT molecular complexity index is 1410. The third-order valence-electron chi connectivity index (χ3n) is 8.11. The lowest BCUT2D eigenvalue weighted by Crippen LogP contribution is -2.48. The first-order valence-electron chi connectivity index (χ1n) is 12.6. The summed E-state index contributed by atoms with van der Waals surface area (Å²) in [4.78, 5) is 25.1. The van der Waals surface area contributed by atoms with Crippen molar-refractivity contribution < 1.29 is 4.79 Å². The van der Waals surface area contributed by atoms with Gasteiger partial charge in [0.05, 0.1) is 16.7 Å². The summed E-state index contributed by atoms with van der Waals surface area (Å²) in [5.74, 6) is 2.50. The van der Waals surface area contributed by atoms with Crippen molar-refractivity contribution in [2.24, 2.45) is 18.9 Å². The monoisotopic (exact) mass is 454 g/mol. The standard InChI is InChI=1S/C27H30N6O/c1-31-23-7-6-20(27(34)32-12-9-18-8-11-28-22(18)16-32)13-21(23)30-26(31)24-14-19-3-2-10-29-25(19)33(24)15-17-4-5-17/h2-3,6-7,10,13-14,17-18,22,28H,4-5,8-9,11-12,15-16H2,1H3/t18-,22+/m1/s1. The fourth-order valence-corrected chi connectivity index (χ4v) is 5.98. The number of aromatic nitrogens is 4. The Kier molecular flexibility index (Phi) is 4.56. The molecule has 1 N–H and O–H groups in total. The molecule has 34 heavy (non-hydrogen) atoms. The Morgan fingerprint density at radius 1 is 1.15 bits per heavy atom. The van der Waals surface area contributed by atoms with Gasteiger partial charge in [-0.1, -0.05) is 0 Å². The first-order valence-corrected chi connectivity index (χ1v) is 12.6. The van der Waals surface area contributed by atoms with Crippen LogP contribution in [-0.2, 0) is 13.6 Å². The van der Waals surface area contributed by atoms with Crippen molar-refractivity contribution >= 4 is 28.0 Å². The molecule has 0 bridgehead atoms. The molecule has 4 aromatic rings. The zero-order valence-electron chi connectivity index (χ0n) is 19.6. The van der Waals surface area contributed by atoms with Crippen LogP contribution in [0.1, 0.15) is 36.0 Å². The van der Waals surface area contributed by atoms with Crippen LogP contribution >= 0.6 is 0 Å². The molecule has 1 amide bonds. The van der Waals surface area contributed by atoms with Gasteiger partial charge in [0.2, 0.25) is 0 Å². The average molecular weight is 455 g/mol. The number of pyridine rings is 1. The number of amides is 1. The van der Waals surface area contributed by atoms with Crippen molar-refractivity contribution in [1.29, 1.82) is 0 Å². The summed E-state index contributed by atoms with van der Waals surface area (Å²) in [5, 5.41) is 4.71. The SMILES string of the molecule is Cn1c(-c2cc3cccnc3n2CC2CC2)nc2cc(C(=O)N3CC[C@H]4CCN[C@H]4C3)ccc21. The van der Waals surface area contributed by atoms with E-state index in [0.29, 0.717) is 6.04 Å². The van der Waals surface area contributed by atoms with E-state index in [1.54, 1.807) is 0 Å². The van der Waals surface area contributed by atoms with Crippen molar-refractivity contribution in [1.82, 2.24) is 29.3 Å². The van der Waals surface area contributed by atoms with Gasteiger partial charge in [0.1, 0.15) is 5.65 Å². The van der Waals surface area contributed by atoms with E-state index >= 15 is 0 Å². The predicted molar refractivity (Wildman–Crippen MR) is 133 cm³/mol. The smallest absolute Gasteiger partial charge is 0.253 e. The molecule has 0 spiro atoms. The molecule has 3 fully saturated rings. The molecule has 3 aliphatic rings. The number of carbonyl (C=O) groups is 1. The van der Waals surface area contributed by atoms with Gasteiger partial charge in [0.15, 0.2) is 5.82 Å². The minimum atomic E-state index is 0.119. The zero-order chi connectivity index (χ0) is 22.8. The number of piperidine rings is 1. The van der Waals surface area contributed by atoms with Crippen LogP contribution in [0.15, 0.2) is 42.6 Å². The lowest BCUT2D eigenvalue weighted by molar-refractivity contribution is 0.0669. The van der Waals surface area contributed by atoms with Crippen LogP contribution in [0.4, 0.5) is 0 Å². The number of fused-ring (bicyclic) bond motifs is 3. The molecule has 7 nitrogen and oxygen atoms in total. The third kappa shape index (κ3) is 3.25. The van der Waals surface area contributed by atoms with Crippen molar-refractivity contribution in [2.45, 2.75) is 38.3 Å². The average Bonchev–Trinajstić information content (AvgIpc) is 3.29. The Morgan fingerprint density at radius 2 is 2.06 bits per heavy atom. The number of carbonyl (C=O) groups excluding carboxylic acids is 1. The molecule has 1 aliphatic carbocycles. The number of hydrogen-bond acceptors (Lipinski definition) is 4. The molecule has 0 unspecified atom stereocenters. The second-order valence-electron chi connectivity index (χ2n) is 10.3. The number of benzene rings is 1. The van der Waals surface area contributed by atoms with Gasteiger partial charge in [-0.25, -0.2) is 9.97 Å². The Balaban J connectivity index is 1.25. The fourth-order valence-electron chi connectivity index (χ4n) is 5.98. The second-order valence-corrected chi connectivity index (χ2v) is 10.3. The number of aryl methyl sites for hydroxylation is 1. The minimum absolute atomic E-state index is 0.119. The zero-order valence-corrected chi connectivity index (χ0v) is 19.6. The van der Waals surface area contributed by atoms with E-state index in [1.807, 2.05) is 35.4 Å². The number of rotatable bonds is 4. The Morgan fingerprint density at radius 3 is 2.94 bits per heavy atom. The third-order valence-corrected chi connectivity index (χ3v) is 8.11. The molecule has 174 valence electrons. The summed E-state index contributed by atoms with van der Waals surface area (Å²) in [6, 6.07) is 12.8. The van der Waals surface area contributed by atoms with E-state index < -0.39 is 0 Å². The fraction of sp³-hybridized carbons (Fsp3) is 0.444. The molecule has 0 radical (unpaired) electrons. The van der Waals surface area contributed by atoms with E-state index in [9.17, 15) is 4.79 Å². The number of imidazole rings is 1. The molecule has 7 heteroatoms. The maximum Gasteiger partial charge on any atom is 0.253 e. The molecule has 5 heterocycles. The Hall–Kier alpha value is -3.19. The van der Waals surface area contributed by atoms with Gasteiger partial charge in [-0.15, -0.1) is 0 Å². The van der Waals surface area contributed by atoms with E-state index in [2.05, 4.69) is 38.6 Å². The van der Waals surface area contributed by atoms with Gasteiger partial charge in [-0.2, -0.15) is 0 Å².